The van der Waals surface area contributed by atoms with Crippen LogP contribution in [0.4, 0.5) is 11.4 Å². The van der Waals surface area contributed by atoms with Crippen molar-refractivity contribution >= 4 is 29.1 Å². The summed E-state index contributed by atoms with van der Waals surface area (Å²) in [6.45, 7) is 4.90. The van der Waals surface area contributed by atoms with Gasteiger partial charge < -0.3 is 10.4 Å². The first-order valence-electron chi connectivity index (χ1n) is 6.70. The number of aromatic carboxylic acids is 1. The molecule has 1 aromatic carbocycles. The summed E-state index contributed by atoms with van der Waals surface area (Å²) in [5.41, 5.74) is -0.110. The number of benzene rings is 1. The Hall–Kier alpha value is -1.76. The summed E-state index contributed by atoms with van der Waals surface area (Å²) < 4.78 is 0.0746. The van der Waals surface area contributed by atoms with Gasteiger partial charge in [-0.2, -0.15) is 11.8 Å². The van der Waals surface area contributed by atoms with Gasteiger partial charge >= 0.3 is 5.97 Å². The predicted octanol–water partition coefficient (Wildman–Crippen LogP) is 3.63. The fourth-order valence-corrected chi connectivity index (χ4v) is 2.89. The molecule has 0 fully saturated rings. The standard InChI is InChI=1S/C14H20N2O4S/c1-4-14(5-2,21-3)9-15-10-6-7-12(16(19)20)11(8-10)13(17)18/h6-8,15H,4-5,9H2,1-3H3,(H,17,18). The van der Waals surface area contributed by atoms with Gasteiger partial charge in [0.15, 0.2) is 0 Å². The van der Waals surface area contributed by atoms with Crippen molar-refractivity contribution in [3.05, 3.63) is 33.9 Å². The van der Waals surface area contributed by atoms with Crippen molar-refractivity contribution in [2.24, 2.45) is 0 Å². The Bertz CT molecular complexity index is 521. The monoisotopic (exact) mass is 312 g/mol. The number of rotatable bonds is 8. The molecule has 1 aromatic rings. The molecule has 0 unspecified atom stereocenters. The van der Waals surface area contributed by atoms with E-state index in [4.69, 9.17) is 5.11 Å². The van der Waals surface area contributed by atoms with Crippen molar-refractivity contribution in [3.63, 3.8) is 0 Å². The second-order valence-electron chi connectivity index (χ2n) is 4.74. The number of carbonyl (C=O) groups is 1. The van der Waals surface area contributed by atoms with Gasteiger partial charge in [-0.3, -0.25) is 10.1 Å². The molecule has 0 spiro atoms. The van der Waals surface area contributed by atoms with Gasteiger partial charge in [0.05, 0.1) is 4.92 Å². The fourth-order valence-electron chi connectivity index (χ4n) is 2.10. The van der Waals surface area contributed by atoms with E-state index in [2.05, 4.69) is 19.2 Å². The Morgan fingerprint density at radius 2 is 2.05 bits per heavy atom. The van der Waals surface area contributed by atoms with Gasteiger partial charge in [0.1, 0.15) is 5.56 Å². The van der Waals surface area contributed by atoms with Crippen LogP contribution in [-0.4, -0.2) is 33.5 Å². The molecule has 0 saturated carbocycles. The number of nitro groups is 1. The van der Waals surface area contributed by atoms with Gasteiger partial charge in [-0.1, -0.05) is 13.8 Å². The van der Waals surface area contributed by atoms with Crippen LogP contribution < -0.4 is 5.32 Å². The van der Waals surface area contributed by atoms with Crippen LogP contribution in [0.25, 0.3) is 0 Å². The van der Waals surface area contributed by atoms with Crippen molar-refractivity contribution in [1.29, 1.82) is 0 Å². The molecule has 0 saturated heterocycles. The zero-order chi connectivity index (χ0) is 16.0. The van der Waals surface area contributed by atoms with E-state index in [0.29, 0.717) is 12.2 Å². The zero-order valence-corrected chi connectivity index (χ0v) is 13.2. The molecule has 0 aromatic heterocycles. The quantitative estimate of drug-likeness (QED) is 0.562. The molecule has 0 bridgehead atoms. The third-order valence-corrected chi connectivity index (χ3v) is 5.35. The average Bonchev–Trinajstić information content (AvgIpc) is 2.48. The Morgan fingerprint density at radius 3 is 2.48 bits per heavy atom. The molecule has 0 aliphatic rings. The fraction of sp³-hybridized carbons (Fsp3) is 0.500. The van der Waals surface area contributed by atoms with E-state index in [1.54, 1.807) is 17.8 Å². The predicted molar refractivity (Wildman–Crippen MR) is 85.4 cm³/mol. The third kappa shape index (κ3) is 4.10. The lowest BCUT2D eigenvalue weighted by molar-refractivity contribution is -0.385. The van der Waals surface area contributed by atoms with Gasteiger partial charge in [-0.15, -0.1) is 0 Å². The smallest absolute Gasteiger partial charge is 0.342 e. The summed E-state index contributed by atoms with van der Waals surface area (Å²) in [5, 5.41) is 23.1. The van der Waals surface area contributed by atoms with Gasteiger partial charge in [0, 0.05) is 23.0 Å². The average molecular weight is 312 g/mol. The van der Waals surface area contributed by atoms with Gasteiger partial charge in [0.25, 0.3) is 5.69 Å². The Balaban J connectivity index is 2.98. The van der Waals surface area contributed by atoms with Crippen LogP contribution in [0.1, 0.15) is 37.0 Å². The number of thioether (sulfide) groups is 1. The van der Waals surface area contributed by atoms with Crippen LogP contribution in [0.3, 0.4) is 0 Å². The number of hydrogen-bond acceptors (Lipinski definition) is 5. The summed E-state index contributed by atoms with van der Waals surface area (Å²) >= 11 is 1.77. The molecule has 0 heterocycles. The van der Waals surface area contributed by atoms with E-state index < -0.39 is 16.6 Å². The molecule has 0 atom stereocenters. The van der Waals surface area contributed by atoms with E-state index in [0.717, 1.165) is 12.8 Å². The molecule has 7 heteroatoms. The summed E-state index contributed by atoms with van der Waals surface area (Å²) in [4.78, 5) is 21.2. The molecule has 0 amide bonds. The summed E-state index contributed by atoms with van der Waals surface area (Å²) in [6, 6.07) is 4.09. The third-order valence-electron chi connectivity index (χ3n) is 3.76. The zero-order valence-electron chi connectivity index (χ0n) is 12.4. The van der Waals surface area contributed by atoms with Crippen molar-refractivity contribution in [2.75, 3.05) is 18.1 Å². The number of nitrogens with zero attached hydrogens (tertiary/aromatic N) is 1. The van der Waals surface area contributed by atoms with E-state index in [1.165, 1.54) is 12.1 Å². The topological polar surface area (TPSA) is 92.5 Å². The highest BCUT2D eigenvalue weighted by Crippen LogP contribution is 2.31. The van der Waals surface area contributed by atoms with Crippen molar-refractivity contribution in [3.8, 4) is 0 Å². The maximum Gasteiger partial charge on any atom is 0.342 e. The van der Waals surface area contributed by atoms with Crippen molar-refractivity contribution in [2.45, 2.75) is 31.4 Å². The SMILES string of the molecule is CCC(CC)(CNc1ccc([N+](=O)[O-])c(C(=O)O)c1)SC. The number of anilines is 1. The number of nitro benzene ring substituents is 1. The maximum atomic E-state index is 11.1. The van der Waals surface area contributed by atoms with E-state index >= 15 is 0 Å². The highest BCUT2D eigenvalue weighted by atomic mass is 32.2. The van der Waals surface area contributed by atoms with Crippen LogP contribution in [0.15, 0.2) is 18.2 Å². The van der Waals surface area contributed by atoms with E-state index in [9.17, 15) is 14.9 Å². The molecule has 1 rings (SSSR count). The normalized spacial score (nSPS) is 11.2. The molecular weight excluding hydrogens is 292 g/mol. The van der Waals surface area contributed by atoms with Crippen molar-refractivity contribution < 1.29 is 14.8 Å². The van der Waals surface area contributed by atoms with E-state index in [1.807, 2.05) is 6.26 Å². The number of nitrogens with one attached hydrogen (secondary N) is 1. The van der Waals surface area contributed by atoms with Crippen molar-refractivity contribution in [1.82, 2.24) is 0 Å². The second kappa shape index (κ2) is 7.31. The summed E-state index contributed by atoms with van der Waals surface area (Å²) in [7, 11) is 0. The maximum absolute atomic E-state index is 11.1. The highest BCUT2D eigenvalue weighted by molar-refractivity contribution is 8.00. The lowest BCUT2D eigenvalue weighted by Crippen LogP contribution is -2.32. The van der Waals surface area contributed by atoms with Crippen LogP contribution in [0, 0.1) is 10.1 Å². The van der Waals surface area contributed by atoms with E-state index in [-0.39, 0.29) is 10.3 Å². The van der Waals surface area contributed by atoms with Gasteiger partial charge in [0.2, 0.25) is 0 Å². The first-order chi connectivity index (χ1) is 9.89. The number of hydrogen-bond donors (Lipinski definition) is 2. The minimum Gasteiger partial charge on any atom is -0.477 e. The largest absolute Gasteiger partial charge is 0.477 e. The Labute approximate surface area is 128 Å². The Kier molecular flexibility index (Phi) is 6.02. The van der Waals surface area contributed by atoms with Gasteiger partial charge in [-0.25, -0.2) is 4.79 Å². The first-order valence-corrected chi connectivity index (χ1v) is 7.92. The molecule has 116 valence electrons. The minimum atomic E-state index is -1.30. The van der Waals surface area contributed by atoms with Gasteiger partial charge in [-0.05, 0) is 31.2 Å². The highest BCUT2D eigenvalue weighted by Gasteiger charge is 2.25. The number of carboxylic acid groups (broad SMARTS) is 1. The Morgan fingerprint density at radius 1 is 1.43 bits per heavy atom. The van der Waals surface area contributed by atoms with Crippen LogP contribution in [-0.2, 0) is 0 Å². The number of carboxylic acids is 1. The molecular formula is C14H20N2O4S. The molecule has 0 radical (unpaired) electrons. The molecule has 0 aliphatic heterocycles. The van der Waals surface area contributed by atoms with Crippen LogP contribution in [0.5, 0.6) is 0 Å². The van der Waals surface area contributed by atoms with Crippen LogP contribution >= 0.6 is 11.8 Å². The summed E-state index contributed by atoms with van der Waals surface area (Å²) in [6.07, 6.45) is 4.01. The molecule has 6 nitrogen and oxygen atoms in total. The summed E-state index contributed by atoms with van der Waals surface area (Å²) in [5.74, 6) is -1.30. The lowest BCUT2D eigenvalue weighted by atomic mass is 10.0. The molecule has 21 heavy (non-hydrogen) atoms. The lowest BCUT2D eigenvalue weighted by Gasteiger charge is -2.30. The second-order valence-corrected chi connectivity index (χ2v) is 6.02. The minimum absolute atomic E-state index is 0.0746. The molecule has 2 N–H and O–H groups in total. The van der Waals surface area contributed by atoms with Crippen LogP contribution in [0.2, 0.25) is 0 Å². The first kappa shape index (κ1) is 17.3. The molecule has 0 aliphatic carbocycles.